The van der Waals surface area contributed by atoms with Crippen molar-refractivity contribution in [3.05, 3.63) is 65.4 Å². The van der Waals surface area contributed by atoms with Crippen LogP contribution >= 0.6 is 0 Å². The van der Waals surface area contributed by atoms with Crippen LogP contribution < -0.4 is 4.18 Å². The molecular weight excluding hydrogens is 354 g/mol. The van der Waals surface area contributed by atoms with E-state index < -0.39 is 16.1 Å². The monoisotopic (exact) mass is 371 g/mol. The Labute approximate surface area is 151 Å². The van der Waals surface area contributed by atoms with Crippen molar-refractivity contribution < 1.29 is 22.1 Å². The van der Waals surface area contributed by atoms with Crippen LogP contribution in [0.4, 0.5) is 0 Å². The van der Waals surface area contributed by atoms with Crippen LogP contribution in [0, 0.1) is 13.8 Å². The summed E-state index contributed by atoms with van der Waals surface area (Å²) in [5, 5.41) is 0.779. The fourth-order valence-corrected chi connectivity index (χ4v) is 3.77. The Kier molecular flexibility index (Phi) is 4.65. The van der Waals surface area contributed by atoms with E-state index in [4.69, 9.17) is 4.18 Å². The highest BCUT2D eigenvalue weighted by molar-refractivity contribution is 7.87. The van der Waals surface area contributed by atoms with Crippen LogP contribution in [-0.4, -0.2) is 26.5 Å². The quantitative estimate of drug-likeness (QED) is 0.516. The van der Waals surface area contributed by atoms with Gasteiger partial charge in [-0.3, -0.25) is 0 Å². The van der Waals surface area contributed by atoms with E-state index in [9.17, 15) is 13.2 Å². The Hall–Kier alpha value is -2.93. The van der Waals surface area contributed by atoms with E-state index in [-0.39, 0.29) is 16.2 Å². The van der Waals surface area contributed by atoms with Crippen molar-refractivity contribution in [1.82, 2.24) is 4.98 Å². The second-order valence-electron chi connectivity index (χ2n) is 5.79. The zero-order valence-electron chi connectivity index (χ0n) is 14.5. The molecule has 0 amide bonds. The number of para-hydroxylation sites is 1. The van der Waals surface area contributed by atoms with Gasteiger partial charge in [-0.25, -0.2) is 9.78 Å². The van der Waals surface area contributed by atoms with Crippen LogP contribution in [0.3, 0.4) is 0 Å². The number of aromatic nitrogens is 1. The van der Waals surface area contributed by atoms with Crippen LogP contribution in [0.25, 0.3) is 10.9 Å². The molecule has 1 heterocycles. The molecule has 1 aromatic heterocycles. The second-order valence-corrected chi connectivity index (χ2v) is 7.30. The molecule has 2 aromatic carbocycles. The summed E-state index contributed by atoms with van der Waals surface area (Å²) < 4.78 is 35.5. The van der Waals surface area contributed by atoms with E-state index in [1.165, 1.54) is 25.3 Å². The highest BCUT2D eigenvalue weighted by Gasteiger charge is 2.22. The third-order valence-corrected chi connectivity index (χ3v) is 5.28. The maximum Gasteiger partial charge on any atom is 0.339 e. The average Bonchev–Trinajstić information content (AvgIpc) is 2.61. The third kappa shape index (κ3) is 3.39. The Morgan fingerprint density at radius 2 is 1.81 bits per heavy atom. The zero-order valence-corrected chi connectivity index (χ0v) is 15.3. The van der Waals surface area contributed by atoms with E-state index in [1.54, 1.807) is 19.1 Å². The van der Waals surface area contributed by atoms with Gasteiger partial charge >= 0.3 is 16.1 Å². The molecule has 0 aliphatic rings. The summed E-state index contributed by atoms with van der Waals surface area (Å²) in [6.45, 7) is 3.41. The Bertz CT molecular complexity index is 1110. The van der Waals surface area contributed by atoms with Gasteiger partial charge in [0.25, 0.3) is 0 Å². The van der Waals surface area contributed by atoms with Gasteiger partial charge in [-0.15, -0.1) is 0 Å². The topological polar surface area (TPSA) is 82.6 Å². The van der Waals surface area contributed by atoms with Gasteiger partial charge in [0.2, 0.25) is 0 Å². The van der Waals surface area contributed by atoms with E-state index >= 15 is 0 Å². The van der Waals surface area contributed by atoms with Crippen LogP contribution in [0.5, 0.6) is 5.75 Å². The van der Waals surface area contributed by atoms with Gasteiger partial charge in [-0.2, -0.15) is 8.42 Å². The lowest BCUT2D eigenvalue weighted by molar-refractivity contribution is 0.0600. The summed E-state index contributed by atoms with van der Waals surface area (Å²) in [5.41, 5.74) is 1.88. The standard InChI is InChI=1S/C19H17NO5S/c1-12-11-15(19(21)24-3)9-10-17(12)26(22,23)25-16-6-4-5-14-8-7-13(2)20-18(14)16/h4-11H,1-3H3. The molecule has 0 unspecified atom stereocenters. The number of fused-ring (bicyclic) bond motifs is 1. The van der Waals surface area contributed by atoms with Gasteiger partial charge in [0.05, 0.1) is 12.7 Å². The van der Waals surface area contributed by atoms with Crippen molar-refractivity contribution >= 4 is 27.0 Å². The predicted octanol–water partition coefficient (Wildman–Crippen LogP) is 3.41. The largest absolute Gasteiger partial charge is 0.465 e. The lowest BCUT2D eigenvalue weighted by Crippen LogP contribution is -2.13. The SMILES string of the molecule is COC(=O)c1ccc(S(=O)(=O)Oc2cccc3ccc(C)nc23)c(C)c1. The minimum Gasteiger partial charge on any atom is -0.465 e. The van der Waals surface area contributed by atoms with Crippen molar-refractivity contribution in [2.45, 2.75) is 18.7 Å². The maximum atomic E-state index is 12.7. The van der Waals surface area contributed by atoms with Gasteiger partial charge < -0.3 is 8.92 Å². The van der Waals surface area contributed by atoms with Crippen LogP contribution in [-0.2, 0) is 14.9 Å². The molecule has 0 aliphatic carbocycles. The van der Waals surface area contributed by atoms with Crippen LogP contribution in [0.15, 0.2) is 53.4 Å². The zero-order chi connectivity index (χ0) is 18.9. The molecule has 3 aromatic rings. The average molecular weight is 371 g/mol. The maximum absolute atomic E-state index is 12.7. The summed E-state index contributed by atoms with van der Waals surface area (Å²) in [6, 6.07) is 13.0. The van der Waals surface area contributed by atoms with Gasteiger partial charge in [-0.1, -0.05) is 18.2 Å². The number of nitrogens with zero attached hydrogens (tertiary/aromatic N) is 1. The van der Waals surface area contributed by atoms with Crippen molar-refractivity contribution in [2.75, 3.05) is 7.11 Å². The minimum absolute atomic E-state index is 0.0187. The number of rotatable bonds is 4. The summed E-state index contributed by atoms with van der Waals surface area (Å²) in [6.07, 6.45) is 0. The molecule has 0 bridgehead atoms. The molecule has 3 rings (SSSR count). The van der Waals surface area contributed by atoms with E-state index in [0.29, 0.717) is 11.1 Å². The smallest absolute Gasteiger partial charge is 0.339 e. The van der Waals surface area contributed by atoms with Crippen molar-refractivity contribution in [3.63, 3.8) is 0 Å². The molecule has 0 atom stereocenters. The predicted molar refractivity (Wildman–Crippen MR) is 96.8 cm³/mol. The second kappa shape index (κ2) is 6.76. The van der Waals surface area contributed by atoms with E-state index in [1.807, 2.05) is 25.1 Å². The number of hydrogen-bond acceptors (Lipinski definition) is 6. The van der Waals surface area contributed by atoms with Crippen molar-refractivity contribution in [1.29, 1.82) is 0 Å². The molecule has 0 spiro atoms. The van der Waals surface area contributed by atoms with Crippen molar-refractivity contribution in [3.8, 4) is 5.75 Å². The Balaban J connectivity index is 2.03. The molecule has 0 radical (unpaired) electrons. The number of hydrogen-bond donors (Lipinski definition) is 0. The highest BCUT2D eigenvalue weighted by atomic mass is 32.2. The number of carbonyl (C=O) groups is 1. The van der Waals surface area contributed by atoms with Crippen molar-refractivity contribution in [2.24, 2.45) is 0 Å². The molecule has 26 heavy (non-hydrogen) atoms. The molecule has 0 N–H and O–H groups in total. The number of carbonyl (C=O) groups excluding carboxylic acids is 1. The molecule has 7 heteroatoms. The molecule has 0 saturated heterocycles. The normalized spacial score (nSPS) is 11.3. The first kappa shape index (κ1) is 17.9. The molecule has 0 saturated carbocycles. The number of ether oxygens (including phenoxy) is 1. The Morgan fingerprint density at radius 3 is 2.50 bits per heavy atom. The molecule has 0 fully saturated rings. The summed E-state index contributed by atoms with van der Waals surface area (Å²) >= 11 is 0. The lowest BCUT2D eigenvalue weighted by atomic mass is 10.1. The molecular formula is C19H17NO5S. The van der Waals surface area contributed by atoms with E-state index in [2.05, 4.69) is 9.72 Å². The fraction of sp³-hybridized carbons (Fsp3) is 0.158. The van der Waals surface area contributed by atoms with Crippen LogP contribution in [0.2, 0.25) is 0 Å². The number of benzene rings is 2. The summed E-state index contributed by atoms with van der Waals surface area (Å²) in [5.74, 6) is -0.380. The van der Waals surface area contributed by atoms with Crippen LogP contribution in [0.1, 0.15) is 21.6 Å². The molecule has 6 nitrogen and oxygen atoms in total. The first-order valence-corrected chi connectivity index (χ1v) is 9.22. The fourth-order valence-electron chi connectivity index (χ4n) is 2.62. The molecule has 134 valence electrons. The number of esters is 1. The summed E-state index contributed by atoms with van der Waals surface area (Å²) in [7, 11) is -2.82. The first-order valence-electron chi connectivity index (χ1n) is 7.81. The van der Waals surface area contributed by atoms with Gasteiger partial charge in [-0.05, 0) is 49.7 Å². The number of aryl methyl sites for hydroxylation is 2. The lowest BCUT2D eigenvalue weighted by Gasteiger charge is -2.12. The third-order valence-electron chi connectivity index (χ3n) is 3.89. The highest BCUT2D eigenvalue weighted by Crippen LogP contribution is 2.28. The van der Waals surface area contributed by atoms with E-state index in [0.717, 1.165) is 11.1 Å². The van der Waals surface area contributed by atoms with Gasteiger partial charge in [0, 0.05) is 11.1 Å². The van der Waals surface area contributed by atoms with Gasteiger partial charge in [0.15, 0.2) is 5.75 Å². The first-order chi connectivity index (χ1) is 12.3. The minimum atomic E-state index is -4.09. The number of pyridine rings is 1. The molecule has 0 aliphatic heterocycles. The van der Waals surface area contributed by atoms with Gasteiger partial charge in [0.1, 0.15) is 10.4 Å². The number of methoxy groups -OCH3 is 1. The Morgan fingerprint density at radius 1 is 1.04 bits per heavy atom. The summed E-state index contributed by atoms with van der Waals surface area (Å²) in [4.78, 5) is 15.9.